The van der Waals surface area contributed by atoms with Gasteiger partial charge in [-0.1, -0.05) is 0 Å². The van der Waals surface area contributed by atoms with Crippen LogP contribution in [0.4, 0.5) is 0 Å². The summed E-state index contributed by atoms with van der Waals surface area (Å²) in [5, 5.41) is 18.2. The molecular formula is C9H5I3O3. The quantitative estimate of drug-likeness (QED) is 0.446. The highest BCUT2D eigenvalue weighted by molar-refractivity contribution is 14.1. The van der Waals surface area contributed by atoms with Gasteiger partial charge in [0.15, 0.2) is 0 Å². The number of aliphatic carboxylic acids is 1. The van der Waals surface area contributed by atoms with Crippen molar-refractivity contribution in [3.8, 4) is 5.75 Å². The standard InChI is InChI=1S/C9H5I3O3/c10-5-3-6(11)9(15)8(12)4(5)1-2-7(13)14/h1-3,15H,(H,13,14). The lowest BCUT2D eigenvalue weighted by atomic mass is 10.2. The molecule has 0 unspecified atom stereocenters. The van der Waals surface area contributed by atoms with Crippen molar-refractivity contribution >= 4 is 79.8 Å². The molecule has 2 N–H and O–H groups in total. The second kappa shape index (κ2) is 5.66. The fourth-order valence-corrected chi connectivity index (χ4v) is 4.63. The normalized spacial score (nSPS) is 10.9. The van der Waals surface area contributed by atoms with Crippen LogP contribution in [0.5, 0.6) is 5.75 Å². The summed E-state index contributed by atoms with van der Waals surface area (Å²) in [5.41, 5.74) is 0.733. The van der Waals surface area contributed by atoms with Crippen LogP contribution in [0.3, 0.4) is 0 Å². The summed E-state index contributed by atoms with van der Waals surface area (Å²) < 4.78 is 2.34. The van der Waals surface area contributed by atoms with Crippen molar-refractivity contribution < 1.29 is 15.0 Å². The Balaban J connectivity index is 3.30. The van der Waals surface area contributed by atoms with Gasteiger partial charge in [0.25, 0.3) is 0 Å². The number of benzene rings is 1. The predicted octanol–water partition coefficient (Wildman–Crippen LogP) is 3.30. The molecule has 0 radical (unpaired) electrons. The third-order valence-electron chi connectivity index (χ3n) is 1.57. The lowest BCUT2D eigenvalue weighted by Crippen LogP contribution is -1.92. The Bertz CT molecular complexity index is 441. The lowest BCUT2D eigenvalue weighted by Gasteiger charge is -2.06. The van der Waals surface area contributed by atoms with E-state index in [0.717, 1.165) is 18.8 Å². The van der Waals surface area contributed by atoms with Gasteiger partial charge in [0.05, 0.1) is 7.14 Å². The van der Waals surface area contributed by atoms with E-state index in [1.54, 1.807) is 6.07 Å². The van der Waals surface area contributed by atoms with Crippen molar-refractivity contribution in [2.75, 3.05) is 0 Å². The van der Waals surface area contributed by atoms with Gasteiger partial charge in [0, 0.05) is 15.2 Å². The summed E-state index contributed by atoms with van der Waals surface area (Å²) >= 11 is 6.14. The van der Waals surface area contributed by atoms with Crippen LogP contribution in [0.15, 0.2) is 12.1 Å². The number of phenolic OH excluding ortho intramolecular Hbond substituents is 1. The van der Waals surface area contributed by atoms with Gasteiger partial charge in [0.2, 0.25) is 0 Å². The van der Waals surface area contributed by atoms with E-state index in [-0.39, 0.29) is 5.75 Å². The van der Waals surface area contributed by atoms with Gasteiger partial charge in [-0.05, 0) is 79.9 Å². The molecule has 80 valence electrons. The predicted molar refractivity (Wildman–Crippen MR) is 82.9 cm³/mol. The molecule has 0 aliphatic carbocycles. The SMILES string of the molecule is O=C(O)C=Cc1c(I)cc(I)c(O)c1I. The monoisotopic (exact) mass is 542 g/mol. The van der Waals surface area contributed by atoms with Crippen molar-refractivity contribution in [1.29, 1.82) is 0 Å². The molecule has 0 aliphatic rings. The molecule has 0 heterocycles. The van der Waals surface area contributed by atoms with Crippen LogP contribution < -0.4 is 0 Å². The summed E-state index contributed by atoms with van der Waals surface area (Å²) in [6.45, 7) is 0. The maximum atomic E-state index is 10.4. The molecule has 0 saturated heterocycles. The third kappa shape index (κ3) is 3.44. The van der Waals surface area contributed by atoms with Gasteiger partial charge in [0.1, 0.15) is 5.75 Å². The van der Waals surface area contributed by atoms with Crippen molar-refractivity contribution in [2.45, 2.75) is 0 Å². The van der Waals surface area contributed by atoms with E-state index in [1.807, 2.05) is 45.2 Å². The number of rotatable bonds is 2. The fraction of sp³-hybridized carbons (Fsp3) is 0. The molecule has 15 heavy (non-hydrogen) atoms. The number of phenols is 1. The Labute approximate surface area is 127 Å². The Morgan fingerprint density at radius 3 is 2.40 bits per heavy atom. The average Bonchev–Trinajstić information content (AvgIpc) is 2.14. The molecule has 1 rings (SSSR count). The minimum Gasteiger partial charge on any atom is -0.506 e. The number of carboxylic acid groups (broad SMARTS) is 1. The average molecular weight is 542 g/mol. The largest absolute Gasteiger partial charge is 0.506 e. The number of aromatic hydroxyl groups is 1. The van der Waals surface area contributed by atoms with Crippen LogP contribution in [-0.4, -0.2) is 16.2 Å². The number of halogens is 3. The molecule has 1 aromatic rings. The smallest absolute Gasteiger partial charge is 0.328 e. The first-order valence-electron chi connectivity index (χ1n) is 3.71. The minimum absolute atomic E-state index is 0.196. The molecule has 0 spiro atoms. The molecular weight excluding hydrogens is 537 g/mol. The van der Waals surface area contributed by atoms with Crippen LogP contribution in [0.1, 0.15) is 5.56 Å². The van der Waals surface area contributed by atoms with E-state index in [9.17, 15) is 9.90 Å². The maximum Gasteiger partial charge on any atom is 0.328 e. The zero-order valence-corrected chi connectivity index (χ0v) is 13.6. The molecule has 0 aliphatic heterocycles. The first-order chi connectivity index (χ1) is 6.93. The molecule has 0 fully saturated rings. The van der Waals surface area contributed by atoms with E-state index in [4.69, 9.17) is 5.11 Å². The second-order valence-corrected chi connectivity index (χ2v) is 5.99. The third-order valence-corrected chi connectivity index (χ3v) is 4.38. The summed E-state index contributed by atoms with van der Waals surface area (Å²) in [7, 11) is 0. The number of carboxylic acids is 1. The highest BCUT2D eigenvalue weighted by Gasteiger charge is 2.11. The van der Waals surface area contributed by atoms with Crippen molar-refractivity contribution in [3.05, 3.63) is 28.4 Å². The summed E-state index contributed by atoms with van der Waals surface area (Å²) in [6.07, 6.45) is 2.55. The highest BCUT2D eigenvalue weighted by atomic mass is 127. The number of hydrogen-bond donors (Lipinski definition) is 2. The molecule has 3 nitrogen and oxygen atoms in total. The van der Waals surface area contributed by atoms with Crippen LogP contribution in [0, 0.1) is 10.7 Å². The molecule has 0 bridgehead atoms. The van der Waals surface area contributed by atoms with Crippen molar-refractivity contribution in [1.82, 2.24) is 0 Å². The Kier molecular flexibility index (Phi) is 5.09. The Hall–Kier alpha value is 0.420. The van der Waals surface area contributed by atoms with Gasteiger partial charge in [-0.3, -0.25) is 0 Å². The molecule has 6 heteroatoms. The molecule has 0 atom stereocenters. The molecule has 0 saturated carbocycles. The Morgan fingerprint density at radius 2 is 1.87 bits per heavy atom. The van der Waals surface area contributed by atoms with E-state index in [0.29, 0.717) is 3.57 Å². The lowest BCUT2D eigenvalue weighted by molar-refractivity contribution is -0.131. The van der Waals surface area contributed by atoms with Crippen molar-refractivity contribution in [3.63, 3.8) is 0 Å². The first-order valence-corrected chi connectivity index (χ1v) is 6.94. The van der Waals surface area contributed by atoms with Gasteiger partial charge < -0.3 is 10.2 Å². The zero-order valence-electron chi connectivity index (χ0n) is 7.17. The summed E-state index contributed by atoms with van der Waals surface area (Å²) in [6, 6.07) is 1.81. The molecule has 0 aromatic heterocycles. The number of hydrogen-bond acceptors (Lipinski definition) is 2. The zero-order chi connectivity index (χ0) is 11.6. The topological polar surface area (TPSA) is 57.5 Å². The van der Waals surface area contributed by atoms with Crippen LogP contribution in [-0.2, 0) is 4.79 Å². The molecule has 0 amide bonds. The van der Waals surface area contributed by atoms with Crippen LogP contribution in [0.2, 0.25) is 0 Å². The summed E-state index contributed by atoms with van der Waals surface area (Å²) in [5.74, 6) is -0.804. The van der Waals surface area contributed by atoms with Crippen molar-refractivity contribution in [2.24, 2.45) is 0 Å². The van der Waals surface area contributed by atoms with Crippen LogP contribution >= 0.6 is 67.8 Å². The van der Waals surface area contributed by atoms with Gasteiger partial charge in [-0.2, -0.15) is 0 Å². The first kappa shape index (κ1) is 13.5. The minimum atomic E-state index is -1.00. The Morgan fingerprint density at radius 1 is 1.27 bits per heavy atom. The number of carbonyl (C=O) groups is 1. The van der Waals surface area contributed by atoms with E-state index in [2.05, 4.69) is 22.6 Å². The summed E-state index contributed by atoms with van der Waals surface area (Å²) in [4.78, 5) is 10.4. The van der Waals surface area contributed by atoms with E-state index in [1.165, 1.54) is 6.08 Å². The van der Waals surface area contributed by atoms with Gasteiger partial charge in [-0.15, -0.1) is 0 Å². The van der Waals surface area contributed by atoms with Crippen LogP contribution in [0.25, 0.3) is 6.08 Å². The second-order valence-electron chi connectivity index (χ2n) is 2.59. The van der Waals surface area contributed by atoms with Gasteiger partial charge >= 0.3 is 5.97 Å². The van der Waals surface area contributed by atoms with E-state index < -0.39 is 5.97 Å². The van der Waals surface area contributed by atoms with E-state index >= 15 is 0 Å². The fourth-order valence-electron chi connectivity index (χ4n) is 0.902. The highest BCUT2D eigenvalue weighted by Crippen LogP contribution is 2.33. The maximum absolute atomic E-state index is 10.4. The van der Waals surface area contributed by atoms with Gasteiger partial charge in [-0.25, -0.2) is 4.79 Å². The molecule has 1 aromatic carbocycles.